The maximum absolute atomic E-state index is 4.44. The minimum absolute atomic E-state index is 0.593. The van der Waals surface area contributed by atoms with E-state index in [-0.39, 0.29) is 0 Å². The molecule has 0 aliphatic carbocycles. The molecule has 0 radical (unpaired) electrons. The van der Waals surface area contributed by atoms with Gasteiger partial charge in [0, 0.05) is 24.2 Å². The molecule has 0 bridgehead atoms. The second kappa shape index (κ2) is 3.92. The molecule has 0 amide bonds. The van der Waals surface area contributed by atoms with Crippen LogP contribution in [0.2, 0.25) is 0 Å². The van der Waals surface area contributed by atoms with Crippen LogP contribution in [0.4, 0.5) is 0 Å². The van der Waals surface area contributed by atoms with Crippen LogP contribution >= 0.6 is 15.9 Å². The quantitative estimate of drug-likeness (QED) is 0.647. The molecule has 3 aromatic rings. The van der Waals surface area contributed by atoms with E-state index in [0.29, 0.717) is 4.73 Å². The van der Waals surface area contributed by atoms with Crippen LogP contribution in [0.1, 0.15) is 0 Å². The van der Waals surface area contributed by atoms with Crippen LogP contribution in [-0.2, 0) is 7.05 Å². The van der Waals surface area contributed by atoms with Gasteiger partial charge in [0.1, 0.15) is 0 Å². The molecular weight excluding hydrogens is 280 g/mol. The van der Waals surface area contributed by atoms with Gasteiger partial charge in [0.15, 0.2) is 4.73 Å². The maximum atomic E-state index is 4.44. The summed E-state index contributed by atoms with van der Waals surface area (Å²) in [5.74, 6) is 0. The Morgan fingerprint density at radius 3 is 2.76 bits per heavy atom. The Bertz CT molecular complexity index is 690. The average molecular weight is 289 g/mol. The van der Waals surface area contributed by atoms with Crippen LogP contribution in [-0.4, -0.2) is 19.7 Å². The van der Waals surface area contributed by atoms with E-state index in [1.165, 1.54) is 0 Å². The van der Waals surface area contributed by atoms with Crippen molar-refractivity contribution in [2.24, 2.45) is 7.05 Å². The van der Waals surface area contributed by atoms with E-state index in [9.17, 15) is 0 Å². The zero-order valence-electron chi connectivity index (χ0n) is 9.13. The Balaban J connectivity index is 2.35. The summed E-state index contributed by atoms with van der Waals surface area (Å²) in [6.45, 7) is 0. The van der Waals surface area contributed by atoms with Gasteiger partial charge in [-0.25, -0.2) is 9.97 Å². The highest BCUT2D eigenvalue weighted by atomic mass is 79.9. The molecule has 3 rings (SSSR count). The lowest BCUT2D eigenvalue weighted by Gasteiger charge is -2.03. The number of benzene rings is 1. The van der Waals surface area contributed by atoms with Gasteiger partial charge in [-0.1, -0.05) is 18.2 Å². The van der Waals surface area contributed by atoms with E-state index >= 15 is 0 Å². The monoisotopic (exact) mass is 288 g/mol. The molecule has 17 heavy (non-hydrogen) atoms. The molecule has 2 heterocycles. The SMILES string of the molecule is Cn1cc(-c2nc(Br)nc3ccccc23)cn1. The van der Waals surface area contributed by atoms with Crippen molar-refractivity contribution in [2.45, 2.75) is 0 Å². The first-order valence-electron chi connectivity index (χ1n) is 5.15. The summed E-state index contributed by atoms with van der Waals surface area (Å²) in [6.07, 6.45) is 3.75. The second-order valence-corrected chi connectivity index (χ2v) is 4.47. The number of rotatable bonds is 1. The summed E-state index contributed by atoms with van der Waals surface area (Å²) in [5, 5.41) is 5.20. The summed E-state index contributed by atoms with van der Waals surface area (Å²) in [7, 11) is 1.89. The van der Waals surface area contributed by atoms with E-state index in [2.05, 4.69) is 31.0 Å². The van der Waals surface area contributed by atoms with Crippen LogP contribution in [0.5, 0.6) is 0 Å². The average Bonchev–Trinajstić information content (AvgIpc) is 2.74. The largest absolute Gasteiger partial charge is 0.275 e. The number of nitrogens with zero attached hydrogens (tertiary/aromatic N) is 4. The minimum atomic E-state index is 0.593. The van der Waals surface area contributed by atoms with Gasteiger partial charge in [0.05, 0.1) is 17.4 Å². The molecule has 0 unspecified atom stereocenters. The number of fused-ring (bicyclic) bond motifs is 1. The number of hydrogen-bond donors (Lipinski definition) is 0. The molecule has 0 spiro atoms. The Morgan fingerprint density at radius 2 is 2.00 bits per heavy atom. The smallest absolute Gasteiger partial charge is 0.197 e. The Labute approximate surface area is 106 Å². The molecule has 2 aromatic heterocycles. The Morgan fingerprint density at radius 1 is 1.18 bits per heavy atom. The van der Waals surface area contributed by atoms with Crippen molar-refractivity contribution in [1.29, 1.82) is 0 Å². The van der Waals surface area contributed by atoms with Crippen molar-refractivity contribution in [3.8, 4) is 11.3 Å². The number of aryl methyl sites for hydroxylation is 1. The number of halogens is 1. The lowest BCUT2D eigenvalue weighted by molar-refractivity contribution is 0.768. The van der Waals surface area contributed by atoms with Crippen molar-refractivity contribution in [3.63, 3.8) is 0 Å². The molecule has 0 N–H and O–H groups in total. The molecule has 4 nitrogen and oxygen atoms in total. The molecule has 0 aliphatic heterocycles. The fourth-order valence-electron chi connectivity index (χ4n) is 1.81. The van der Waals surface area contributed by atoms with Gasteiger partial charge >= 0.3 is 0 Å². The van der Waals surface area contributed by atoms with Gasteiger partial charge in [0.25, 0.3) is 0 Å². The summed E-state index contributed by atoms with van der Waals surface area (Å²) in [5.41, 5.74) is 2.82. The lowest BCUT2D eigenvalue weighted by Crippen LogP contribution is -1.90. The van der Waals surface area contributed by atoms with Crippen LogP contribution in [0.3, 0.4) is 0 Å². The number of hydrogen-bond acceptors (Lipinski definition) is 3. The topological polar surface area (TPSA) is 43.6 Å². The standard InChI is InChI=1S/C12H9BrN4/c1-17-7-8(6-14-17)11-9-4-2-3-5-10(9)15-12(13)16-11/h2-7H,1H3. The van der Waals surface area contributed by atoms with E-state index in [0.717, 1.165) is 22.2 Å². The van der Waals surface area contributed by atoms with E-state index < -0.39 is 0 Å². The highest BCUT2D eigenvalue weighted by Crippen LogP contribution is 2.26. The predicted octanol–water partition coefficient (Wildman–Crippen LogP) is 2.79. The molecule has 5 heteroatoms. The van der Waals surface area contributed by atoms with Gasteiger partial charge in [0.2, 0.25) is 0 Å². The third kappa shape index (κ3) is 1.82. The Hall–Kier alpha value is -1.75. The first-order chi connectivity index (χ1) is 8.24. The van der Waals surface area contributed by atoms with Crippen molar-refractivity contribution < 1.29 is 0 Å². The highest BCUT2D eigenvalue weighted by Gasteiger charge is 2.09. The Kier molecular flexibility index (Phi) is 2.40. The molecule has 0 fully saturated rings. The van der Waals surface area contributed by atoms with Crippen LogP contribution < -0.4 is 0 Å². The van der Waals surface area contributed by atoms with Gasteiger partial charge in [-0.15, -0.1) is 0 Å². The van der Waals surface area contributed by atoms with Gasteiger partial charge in [-0.3, -0.25) is 4.68 Å². The van der Waals surface area contributed by atoms with E-state index in [1.807, 2.05) is 37.5 Å². The predicted molar refractivity (Wildman–Crippen MR) is 69.4 cm³/mol. The van der Waals surface area contributed by atoms with Crippen molar-refractivity contribution in [1.82, 2.24) is 19.7 Å². The summed E-state index contributed by atoms with van der Waals surface area (Å²) < 4.78 is 2.36. The first-order valence-corrected chi connectivity index (χ1v) is 5.94. The number of aromatic nitrogens is 4. The zero-order valence-corrected chi connectivity index (χ0v) is 10.7. The summed E-state index contributed by atoms with van der Waals surface area (Å²) >= 11 is 3.34. The van der Waals surface area contributed by atoms with E-state index in [1.54, 1.807) is 10.9 Å². The normalized spacial score (nSPS) is 10.9. The molecule has 0 atom stereocenters. The zero-order chi connectivity index (χ0) is 11.8. The van der Waals surface area contributed by atoms with Crippen molar-refractivity contribution >= 4 is 26.8 Å². The summed E-state index contributed by atoms with van der Waals surface area (Å²) in [6, 6.07) is 7.94. The van der Waals surface area contributed by atoms with Crippen molar-refractivity contribution in [2.75, 3.05) is 0 Å². The highest BCUT2D eigenvalue weighted by molar-refractivity contribution is 9.10. The van der Waals surface area contributed by atoms with Crippen LogP contribution in [0.15, 0.2) is 41.4 Å². The molecule has 84 valence electrons. The molecular formula is C12H9BrN4. The molecule has 1 aromatic carbocycles. The summed E-state index contributed by atoms with van der Waals surface area (Å²) in [4.78, 5) is 8.78. The minimum Gasteiger partial charge on any atom is -0.275 e. The van der Waals surface area contributed by atoms with E-state index in [4.69, 9.17) is 0 Å². The third-order valence-electron chi connectivity index (χ3n) is 2.55. The second-order valence-electron chi connectivity index (χ2n) is 3.76. The van der Waals surface area contributed by atoms with Gasteiger partial charge < -0.3 is 0 Å². The molecule has 0 saturated carbocycles. The molecule has 0 aliphatic rings. The van der Waals surface area contributed by atoms with Crippen LogP contribution in [0.25, 0.3) is 22.2 Å². The number of para-hydroxylation sites is 1. The van der Waals surface area contributed by atoms with Crippen molar-refractivity contribution in [3.05, 3.63) is 41.4 Å². The lowest BCUT2D eigenvalue weighted by atomic mass is 10.1. The fraction of sp³-hybridized carbons (Fsp3) is 0.0833. The van der Waals surface area contributed by atoms with Gasteiger partial charge in [-0.05, 0) is 22.0 Å². The van der Waals surface area contributed by atoms with Crippen LogP contribution in [0, 0.1) is 0 Å². The molecule has 0 saturated heterocycles. The fourth-order valence-corrected chi connectivity index (χ4v) is 2.18. The first kappa shape index (κ1) is 10.4. The third-order valence-corrected chi connectivity index (χ3v) is 2.91. The maximum Gasteiger partial charge on any atom is 0.197 e. The van der Waals surface area contributed by atoms with Gasteiger partial charge in [-0.2, -0.15) is 5.10 Å².